The summed E-state index contributed by atoms with van der Waals surface area (Å²) < 4.78 is 7.33. The fourth-order valence-corrected chi connectivity index (χ4v) is 2.28. The zero-order chi connectivity index (χ0) is 14.8. The quantitative estimate of drug-likeness (QED) is 0.799. The van der Waals surface area contributed by atoms with Crippen molar-refractivity contribution in [1.82, 2.24) is 9.78 Å². The van der Waals surface area contributed by atoms with Crippen LogP contribution in [0.4, 0.5) is 0 Å². The lowest BCUT2D eigenvalue weighted by Crippen LogP contribution is -2.08. The number of hydrogen-bond acceptors (Lipinski definition) is 3. The maximum absolute atomic E-state index is 11.1. The molecule has 0 radical (unpaired) electrons. The molecule has 0 aliphatic carbocycles. The largest absolute Gasteiger partial charge is 0.487 e. The smallest absolute Gasteiger partial charge is 0.339 e. The van der Waals surface area contributed by atoms with Crippen molar-refractivity contribution in [2.75, 3.05) is 0 Å². The topological polar surface area (TPSA) is 64.4 Å². The standard InChI is InChI=1S/C16H14N2O3/c1-18-14(13(9-17-18)16(19)20)10-21-15-8-4-6-11-5-2-3-7-12(11)15/h2-9H,10H2,1H3,(H,19,20). The average molecular weight is 282 g/mol. The minimum Gasteiger partial charge on any atom is -0.487 e. The number of fused-ring (bicyclic) bond motifs is 1. The van der Waals surface area contributed by atoms with Gasteiger partial charge in [-0.3, -0.25) is 4.68 Å². The number of aryl methyl sites for hydroxylation is 1. The first kappa shape index (κ1) is 13.2. The first-order valence-corrected chi connectivity index (χ1v) is 6.51. The van der Waals surface area contributed by atoms with E-state index in [0.717, 1.165) is 16.5 Å². The van der Waals surface area contributed by atoms with Gasteiger partial charge in [-0.1, -0.05) is 36.4 Å². The van der Waals surface area contributed by atoms with E-state index in [1.165, 1.54) is 10.9 Å². The molecule has 0 amide bonds. The molecule has 3 aromatic rings. The molecule has 0 aliphatic rings. The summed E-state index contributed by atoms with van der Waals surface area (Å²) in [6.45, 7) is 0.159. The molecule has 0 spiro atoms. The zero-order valence-corrected chi connectivity index (χ0v) is 11.5. The third-order valence-electron chi connectivity index (χ3n) is 3.41. The van der Waals surface area contributed by atoms with E-state index in [0.29, 0.717) is 5.69 Å². The first-order chi connectivity index (χ1) is 10.2. The minimum atomic E-state index is -1.00. The van der Waals surface area contributed by atoms with Crippen LogP contribution in [0, 0.1) is 0 Å². The van der Waals surface area contributed by atoms with Crippen molar-refractivity contribution in [3.63, 3.8) is 0 Å². The van der Waals surface area contributed by atoms with Crippen molar-refractivity contribution in [3.8, 4) is 5.75 Å². The van der Waals surface area contributed by atoms with Gasteiger partial charge >= 0.3 is 5.97 Å². The van der Waals surface area contributed by atoms with Gasteiger partial charge in [-0.25, -0.2) is 4.79 Å². The zero-order valence-electron chi connectivity index (χ0n) is 11.5. The summed E-state index contributed by atoms with van der Waals surface area (Å²) in [5.41, 5.74) is 0.702. The van der Waals surface area contributed by atoms with E-state index in [2.05, 4.69) is 5.10 Å². The Bertz CT molecular complexity index is 803. The lowest BCUT2D eigenvalue weighted by Gasteiger charge is -2.10. The van der Waals surface area contributed by atoms with E-state index < -0.39 is 5.97 Å². The van der Waals surface area contributed by atoms with Crippen LogP contribution in [0.1, 0.15) is 16.1 Å². The van der Waals surface area contributed by atoms with Crippen molar-refractivity contribution in [1.29, 1.82) is 0 Å². The summed E-state index contributed by atoms with van der Waals surface area (Å²) in [7, 11) is 1.70. The number of carboxylic acids is 1. The highest BCUT2D eigenvalue weighted by Gasteiger charge is 2.15. The van der Waals surface area contributed by atoms with Crippen molar-refractivity contribution in [2.24, 2.45) is 7.05 Å². The number of nitrogens with zero attached hydrogens (tertiary/aromatic N) is 2. The number of aromatic nitrogens is 2. The second-order valence-corrected chi connectivity index (χ2v) is 4.70. The molecule has 2 aromatic carbocycles. The van der Waals surface area contributed by atoms with E-state index in [9.17, 15) is 4.79 Å². The number of carbonyl (C=O) groups is 1. The van der Waals surface area contributed by atoms with Crippen LogP contribution >= 0.6 is 0 Å². The van der Waals surface area contributed by atoms with E-state index >= 15 is 0 Å². The summed E-state index contributed by atoms with van der Waals surface area (Å²) in [6, 6.07) is 13.7. The maximum Gasteiger partial charge on any atom is 0.339 e. The van der Waals surface area contributed by atoms with Crippen LogP contribution in [0.2, 0.25) is 0 Å². The van der Waals surface area contributed by atoms with Gasteiger partial charge in [0.2, 0.25) is 0 Å². The molecule has 0 aliphatic heterocycles. The van der Waals surface area contributed by atoms with Gasteiger partial charge in [-0.15, -0.1) is 0 Å². The molecule has 1 aromatic heterocycles. The Morgan fingerprint density at radius 1 is 1.24 bits per heavy atom. The van der Waals surface area contributed by atoms with Crippen molar-refractivity contribution in [3.05, 3.63) is 59.9 Å². The van der Waals surface area contributed by atoms with Crippen LogP contribution in [-0.2, 0) is 13.7 Å². The Morgan fingerprint density at radius 3 is 2.81 bits per heavy atom. The normalized spacial score (nSPS) is 10.7. The Hall–Kier alpha value is -2.82. The molecule has 0 unspecified atom stereocenters. The van der Waals surface area contributed by atoms with Crippen LogP contribution in [0.15, 0.2) is 48.7 Å². The molecule has 1 N–H and O–H groups in total. The predicted molar refractivity (Wildman–Crippen MR) is 78.4 cm³/mol. The number of hydrogen-bond donors (Lipinski definition) is 1. The van der Waals surface area contributed by atoms with Gasteiger partial charge in [0.15, 0.2) is 0 Å². The third-order valence-corrected chi connectivity index (χ3v) is 3.41. The van der Waals surface area contributed by atoms with Crippen LogP contribution < -0.4 is 4.74 Å². The van der Waals surface area contributed by atoms with Crippen molar-refractivity contribution in [2.45, 2.75) is 6.61 Å². The minimum absolute atomic E-state index is 0.159. The number of carboxylic acid groups (broad SMARTS) is 1. The van der Waals surface area contributed by atoms with Gasteiger partial charge in [0.1, 0.15) is 17.9 Å². The fourth-order valence-electron chi connectivity index (χ4n) is 2.28. The Kier molecular flexibility index (Phi) is 3.31. The SMILES string of the molecule is Cn1ncc(C(=O)O)c1COc1cccc2ccccc12. The van der Waals surface area contributed by atoms with E-state index in [4.69, 9.17) is 9.84 Å². The summed E-state index contributed by atoms with van der Waals surface area (Å²) >= 11 is 0. The Morgan fingerprint density at radius 2 is 2.00 bits per heavy atom. The average Bonchev–Trinajstić information content (AvgIpc) is 2.86. The number of aromatic carboxylic acids is 1. The second-order valence-electron chi connectivity index (χ2n) is 4.70. The van der Waals surface area contributed by atoms with Gasteiger partial charge < -0.3 is 9.84 Å². The Balaban J connectivity index is 1.91. The molecule has 0 atom stereocenters. The summed E-state index contributed by atoms with van der Waals surface area (Å²) in [5, 5.41) is 15.2. The van der Waals surface area contributed by atoms with Gasteiger partial charge in [-0.05, 0) is 11.5 Å². The lowest BCUT2D eigenvalue weighted by molar-refractivity contribution is 0.0693. The van der Waals surface area contributed by atoms with E-state index in [1.54, 1.807) is 7.05 Å². The highest BCUT2D eigenvalue weighted by molar-refractivity contribution is 5.89. The molecule has 5 nitrogen and oxygen atoms in total. The first-order valence-electron chi connectivity index (χ1n) is 6.51. The molecular weight excluding hydrogens is 268 g/mol. The molecule has 0 bridgehead atoms. The second kappa shape index (κ2) is 5.28. The predicted octanol–water partition coefficient (Wildman–Crippen LogP) is 2.85. The molecule has 0 fully saturated rings. The third kappa shape index (κ3) is 2.45. The lowest BCUT2D eigenvalue weighted by atomic mass is 10.1. The van der Waals surface area contributed by atoms with Crippen LogP contribution in [0.25, 0.3) is 10.8 Å². The van der Waals surface area contributed by atoms with Gasteiger partial charge in [0.25, 0.3) is 0 Å². The van der Waals surface area contributed by atoms with Crippen LogP contribution in [0.3, 0.4) is 0 Å². The highest BCUT2D eigenvalue weighted by Crippen LogP contribution is 2.26. The van der Waals surface area contributed by atoms with Gasteiger partial charge in [0, 0.05) is 12.4 Å². The number of rotatable bonds is 4. The van der Waals surface area contributed by atoms with E-state index in [1.807, 2.05) is 42.5 Å². The number of benzene rings is 2. The molecule has 3 rings (SSSR count). The van der Waals surface area contributed by atoms with E-state index in [-0.39, 0.29) is 12.2 Å². The molecule has 21 heavy (non-hydrogen) atoms. The fraction of sp³-hybridized carbons (Fsp3) is 0.125. The summed E-state index contributed by atoms with van der Waals surface area (Å²) in [5.74, 6) is -0.273. The van der Waals surface area contributed by atoms with Crippen LogP contribution in [-0.4, -0.2) is 20.9 Å². The monoisotopic (exact) mass is 282 g/mol. The van der Waals surface area contributed by atoms with Gasteiger partial charge in [0.05, 0.1) is 11.9 Å². The van der Waals surface area contributed by atoms with Crippen molar-refractivity contribution >= 4 is 16.7 Å². The van der Waals surface area contributed by atoms with Crippen molar-refractivity contribution < 1.29 is 14.6 Å². The highest BCUT2D eigenvalue weighted by atomic mass is 16.5. The summed E-state index contributed by atoms with van der Waals surface area (Å²) in [4.78, 5) is 11.1. The molecule has 5 heteroatoms. The molecule has 1 heterocycles. The maximum atomic E-state index is 11.1. The molecular formula is C16H14N2O3. The molecule has 0 saturated carbocycles. The number of ether oxygens (including phenoxy) is 1. The molecule has 106 valence electrons. The molecule has 0 saturated heterocycles. The van der Waals surface area contributed by atoms with Crippen LogP contribution in [0.5, 0.6) is 5.75 Å². The Labute approximate surface area is 121 Å². The summed E-state index contributed by atoms with van der Waals surface area (Å²) in [6.07, 6.45) is 1.34. The van der Waals surface area contributed by atoms with Gasteiger partial charge in [-0.2, -0.15) is 5.10 Å².